The highest BCUT2D eigenvalue weighted by atomic mass is 35.5. The van der Waals surface area contributed by atoms with E-state index in [0.29, 0.717) is 0 Å². The standard InChI is InChI=1S/C13H11Cl2NO4S/c1-20-12-4-2-3-11(17)13(12)16-21(18,19)10-6-8(14)5-9(15)7-10/h2-7,16-17H,1H3. The SMILES string of the molecule is COc1cccc(O)c1NS(=O)(=O)c1cc(Cl)cc(Cl)c1. The summed E-state index contributed by atoms with van der Waals surface area (Å²) >= 11 is 11.6. The highest BCUT2D eigenvalue weighted by Gasteiger charge is 2.20. The van der Waals surface area contributed by atoms with Crippen LogP contribution in [0.5, 0.6) is 11.5 Å². The number of benzene rings is 2. The topological polar surface area (TPSA) is 75.6 Å². The Labute approximate surface area is 132 Å². The quantitative estimate of drug-likeness (QED) is 0.829. The highest BCUT2D eigenvalue weighted by molar-refractivity contribution is 7.92. The molecule has 0 atom stereocenters. The second-order valence-electron chi connectivity index (χ2n) is 4.07. The van der Waals surface area contributed by atoms with Gasteiger partial charge in [0.05, 0.1) is 12.0 Å². The number of methoxy groups -OCH3 is 1. The summed E-state index contributed by atoms with van der Waals surface area (Å²) in [4.78, 5) is -0.120. The fraction of sp³-hybridized carbons (Fsp3) is 0.0769. The van der Waals surface area contributed by atoms with Crippen LogP contribution in [0.2, 0.25) is 10.0 Å². The van der Waals surface area contributed by atoms with E-state index in [1.807, 2.05) is 0 Å². The lowest BCUT2D eigenvalue weighted by molar-refractivity contribution is 0.411. The van der Waals surface area contributed by atoms with Gasteiger partial charge >= 0.3 is 0 Å². The maximum atomic E-state index is 12.3. The first-order chi connectivity index (χ1) is 9.83. The number of phenols is 1. The number of hydrogen-bond donors (Lipinski definition) is 2. The molecule has 2 N–H and O–H groups in total. The van der Waals surface area contributed by atoms with Crippen molar-refractivity contribution in [3.8, 4) is 11.5 Å². The van der Waals surface area contributed by atoms with Gasteiger partial charge in [0.2, 0.25) is 0 Å². The van der Waals surface area contributed by atoms with Crippen LogP contribution < -0.4 is 9.46 Å². The zero-order valence-corrected chi connectivity index (χ0v) is 13.1. The Morgan fingerprint density at radius 2 is 1.76 bits per heavy atom. The zero-order chi connectivity index (χ0) is 15.6. The van der Waals surface area contributed by atoms with E-state index in [1.54, 1.807) is 0 Å². The molecule has 21 heavy (non-hydrogen) atoms. The van der Waals surface area contributed by atoms with E-state index in [1.165, 1.54) is 43.5 Å². The van der Waals surface area contributed by atoms with Crippen molar-refractivity contribution in [1.82, 2.24) is 0 Å². The molecule has 0 heterocycles. The molecule has 0 radical (unpaired) electrons. The van der Waals surface area contributed by atoms with Crippen molar-refractivity contribution in [2.24, 2.45) is 0 Å². The first-order valence-electron chi connectivity index (χ1n) is 5.68. The zero-order valence-electron chi connectivity index (χ0n) is 10.8. The lowest BCUT2D eigenvalue weighted by Gasteiger charge is -2.13. The summed E-state index contributed by atoms with van der Waals surface area (Å²) in [6.07, 6.45) is 0. The summed E-state index contributed by atoms with van der Waals surface area (Å²) in [5.74, 6) is -0.0715. The molecule has 0 unspecified atom stereocenters. The Morgan fingerprint density at radius 1 is 1.14 bits per heavy atom. The van der Waals surface area contributed by atoms with E-state index < -0.39 is 10.0 Å². The molecule has 0 aliphatic heterocycles. The Morgan fingerprint density at radius 3 is 2.33 bits per heavy atom. The lowest BCUT2D eigenvalue weighted by Crippen LogP contribution is -2.13. The van der Waals surface area contributed by atoms with Crippen LogP contribution in [-0.2, 0) is 10.0 Å². The number of hydrogen-bond acceptors (Lipinski definition) is 4. The average Bonchev–Trinajstić information content (AvgIpc) is 2.40. The van der Waals surface area contributed by atoms with Crippen LogP contribution in [0.3, 0.4) is 0 Å². The number of anilines is 1. The Hall–Kier alpha value is -1.63. The van der Waals surface area contributed by atoms with Crippen LogP contribution >= 0.6 is 23.2 Å². The van der Waals surface area contributed by atoms with Gasteiger partial charge in [0, 0.05) is 10.0 Å². The Balaban J connectivity index is 2.47. The molecule has 0 aliphatic carbocycles. The molecule has 2 aromatic rings. The van der Waals surface area contributed by atoms with E-state index in [4.69, 9.17) is 27.9 Å². The van der Waals surface area contributed by atoms with E-state index >= 15 is 0 Å². The third-order valence-corrected chi connectivity index (χ3v) is 4.37. The van der Waals surface area contributed by atoms with Gasteiger partial charge in [-0.15, -0.1) is 0 Å². The van der Waals surface area contributed by atoms with Crippen LogP contribution in [-0.4, -0.2) is 20.6 Å². The summed E-state index contributed by atoms with van der Waals surface area (Å²) < 4.78 is 31.9. The van der Waals surface area contributed by atoms with Gasteiger partial charge in [0.25, 0.3) is 10.0 Å². The minimum atomic E-state index is -3.97. The Kier molecular flexibility index (Phi) is 4.51. The fourth-order valence-corrected chi connectivity index (χ4v) is 3.48. The molecule has 0 spiro atoms. The van der Waals surface area contributed by atoms with Gasteiger partial charge in [-0.25, -0.2) is 8.42 Å². The number of aromatic hydroxyl groups is 1. The van der Waals surface area contributed by atoms with Crippen LogP contribution in [0, 0.1) is 0 Å². The normalized spacial score (nSPS) is 11.2. The summed E-state index contributed by atoms with van der Waals surface area (Å²) in [5, 5.41) is 10.2. The molecule has 2 rings (SSSR count). The van der Waals surface area contributed by atoms with Crippen molar-refractivity contribution in [3.05, 3.63) is 46.4 Å². The number of phenolic OH excluding ortho intramolecular Hbond substituents is 1. The van der Waals surface area contributed by atoms with Gasteiger partial charge in [-0.3, -0.25) is 4.72 Å². The molecule has 8 heteroatoms. The van der Waals surface area contributed by atoms with Crippen LogP contribution in [0.15, 0.2) is 41.3 Å². The third kappa shape index (κ3) is 3.53. The van der Waals surface area contributed by atoms with Gasteiger partial charge < -0.3 is 9.84 Å². The van der Waals surface area contributed by atoms with Crippen LogP contribution in [0.4, 0.5) is 5.69 Å². The predicted octanol–water partition coefficient (Wildman–Crippen LogP) is 3.51. The van der Waals surface area contributed by atoms with Crippen LogP contribution in [0.1, 0.15) is 0 Å². The largest absolute Gasteiger partial charge is 0.506 e. The number of rotatable bonds is 4. The van der Waals surface area contributed by atoms with Gasteiger partial charge in [0.1, 0.15) is 17.2 Å². The molecule has 2 aromatic carbocycles. The molecular weight excluding hydrogens is 337 g/mol. The van der Waals surface area contributed by atoms with E-state index in [2.05, 4.69) is 4.72 Å². The molecule has 0 fully saturated rings. The van der Waals surface area contributed by atoms with Crippen molar-refractivity contribution in [1.29, 1.82) is 0 Å². The fourth-order valence-electron chi connectivity index (χ4n) is 1.67. The molecule has 0 aromatic heterocycles. The molecule has 0 amide bonds. The predicted molar refractivity (Wildman–Crippen MR) is 81.9 cm³/mol. The second kappa shape index (κ2) is 6.01. The van der Waals surface area contributed by atoms with E-state index in [0.717, 1.165) is 0 Å². The molecule has 0 aliphatic rings. The van der Waals surface area contributed by atoms with Gasteiger partial charge in [-0.1, -0.05) is 29.3 Å². The summed E-state index contributed by atoms with van der Waals surface area (Å²) in [6, 6.07) is 8.31. The molecule has 0 saturated carbocycles. The Bertz CT molecular complexity index is 757. The second-order valence-corrected chi connectivity index (χ2v) is 6.62. The van der Waals surface area contributed by atoms with Gasteiger partial charge in [-0.2, -0.15) is 0 Å². The number of nitrogens with one attached hydrogen (secondary N) is 1. The van der Waals surface area contributed by atoms with Crippen LogP contribution in [0.25, 0.3) is 0 Å². The van der Waals surface area contributed by atoms with E-state index in [9.17, 15) is 13.5 Å². The summed E-state index contributed by atoms with van der Waals surface area (Å²) in [6.45, 7) is 0. The molecule has 112 valence electrons. The highest BCUT2D eigenvalue weighted by Crippen LogP contribution is 2.35. The summed E-state index contributed by atoms with van der Waals surface area (Å²) in [7, 11) is -2.61. The maximum absolute atomic E-state index is 12.3. The first-order valence-corrected chi connectivity index (χ1v) is 7.92. The van der Waals surface area contributed by atoms with Gasteiger partial charge in [0.15, 0.2) is 0 Å². The smallest absolute Gasteiger partial charge is 0.262 e. The molecular formula is C13H11Cl2NO4S. The van der Waals surface area contributed by atoms with Crippen molar-refractivity contribution in [2.75, 3.05) is 11.8 Å². The van der Waals surface area contributed by atoms with Gasteiger partial charge in [-0.05, 0) is 30.3 Å². The monoisotopic (exact) mass is 347 g/mol. The van der Waals surface area contributed by atoms with Crippen molar-refractivity contribution < 1.29 is 18.3 Å². The summed E-state index contributed by atoms with van der Waals surface area (Å²) in [5.41, 5.74) is -0.0592. The van der Waals surface area contributed by atoms with E-state index in [-0.39, 0.29) is 32.1 Å². The number of halogens is 2. The van der Waals surface area contributed by atoms with Crippen molar-refractivity contribution >= 4 is 38.9 Å². The molecule has 0 bridgehead atoms. The minimum Gasteiger partial charge on any atom is -0.506 e. The maximum Gasteiger partial charge on any atom is 0.262 e. The van der Waals surface area contributed by atoms with Crippen molar-refractivity contribution in [2.45, 2.75) is 4.90 Å². The third-order valence-electron chi connectivity index (χ3n) is 2.61. The average molecular weight is 348 g/mol. The minimum absolute atomic E-state index is 0.0592. The first kappa shape index (κ1) is 15.8. The van der Waals surface area contributed by atoms with Crippen molar-refractivity contribution in [3.63, 3.8) is 0 Å². The molecule has 0 saturated heterocycles. The number of ether oxygens (including phenoxy) is 1. The lowest BCUT2D eigenvalue weighted by atomic mass is 10.3. The number of para-hydroxylation sites is 1. The molecule has 5 nitrogen and oxygen atoms in total. The number of sulfonamides is 1.